The number of hydrogen-bond donors (Lipinski definition) is 0. The Hall–Kier alpha value is -1.61. The van der Waals surface area contributed by atoms with E-state index in [4.69, 9.17) is 34.4 Å². The van der Waals surface area contributed by atoms with Gasteiger partial charge in [-0.1, -0.05) is 36.0 Å². The predicted octanol–water partition coefficient (Wildman–Crippen LogP) is 4.84. The Morgan fingerprint density at radius 2 is 2.00 bits per heavy atom. The second kappa shape index (κ2) is 7.98. The van der Waals surface area contributed by atoms with Gasteiger partial charge in [-0.15, -0.1) is 6.42 Å². The lowest BCUT2D eigenvalue weighted by Crippen LogP contribution is -2.36. The molecule has 1 unspecified atom stereocenters. The molecule has 1 aliphatic rings. The molecule has 7 heteroatoms. The first-order valence-corrected chi connectivity index (χ1v) is 8.78. The van der Waals surface area contributed by atoms with Crippen LogP contribution in [0.5, 0.6) is 5.75 Å². The van der Waals surface area contributed by atoms with Gasteiger partial charge in [0.2, 0.25) is 0 Å². The highest BCUT2D eigenvalue weighted by atomic mass is 35.5. The summed E-state index contributed by atoms with van der Waals surface area (Å²) in [5, 5.41) is 0.294. The van der Waals surface area contributed by atoms with Crippen LogP contribution in [0, 0.1) is 12.3 Å². The number of benzene rings is 1. The van der Waals surface area contributed by atoms with Gasteiger partial charge >= 0.3 is 0 Å². The normalized spacial score (nSPS) is 17.3. The van der Waals surface area contributed by atoms with Crippen LogP contribution in [0.15, 0.2) is 17.0 Å². The van der Waals surface area contributed by atoms with Crippen LogP contribution in [0.25, 0.3) is 6.08 Å². The number of carbonyl (C=O) groups excluding carboxylic acids is 2. The van der Waals surface area contributed by atoms with Crippen molar-refractivity contribution in [3.63, 3.8) is 0 Å². The zero-order valence-electron chi connectivity index (χ0n) is 13.1. The van der Waals surface area contributed by atoms with Crippen LogP contribution in [0.1, 0.15) is 25.8 Å². The van der Waals surface area contributed by atoms with E-state index in [2.05, 4.69) is 5.92 Å². The minimum Gasteiger partial charge on any atom is -0.478 e. The third kappa shape index (κ3) is 3.89. The molecule has 126 valence electrons. The SMILES string of the molecule is C#CCOc1c(Cl)cc(/C=C2/SC(=O)N(C(C)CC)C2=O)cc1Cl. The Morgan fingerprint density at radius 3 is 2.54 bits per heavy atom. The Bertz CT molecular complexity index is 732. The molecule has 1 aromatic carbocycles. The van der Waals surface area contributed by atoms with E-state index in [9.17, 15) is 9.59 Å². The molecule has 1 atom stereocenters. The van der Waals surface area contributed by atoms with Crippen molar-refractivity contribution in [3.05, 3.63) is 32.6 Å². The topological polar surface area (TPSA) is 46.6 Å². The van der Waals surface area contributed by atoms with Crippen molar-refractivity contribution in [2.24, 2.45) is 0 Å². The number of thioether (sulfide) groups is 1. The van der Waals surface area contributed by atoms with Gasteiger partial charge in [0.1, 0.15) is 6.61 Å². The summed E-state index contributed by atoms with van der Waals surface area (Å²) in [7, 11) is 0. The summed E-state index contributed by atoms with van der Waals surface area (Å²) in [5.41, 5.74) is 0.604. The molecule has 0 saturated carbocycles. The second-order valence-corrected chi connectivity index (χ2v) is 6.92. The highest BCUT2D eigenvalue weighted by Gasteiger charge is 2.37. The molecule has 0 radical (unpaired) electrons. The maximum atomic E-state index is 12.4. The second-order valence-electron chi connectivity index (χ2n) is 5.12. The van der Waals surface area contributed by atoms with Crippen molar-refractivity contribution in [3.8, 4) is 18.1 Å². The Morgan fingerprint density at radius 1 is 1.38 bits per heavy atom. The molecule has 4 nitrogen and oxygen atoms in total. The van der Waals surface area contributed by atoms with Gasteiger partial charge in [0, 0.05) is 6.04 Å². The summed E-state index contributed by atoms with van der Waals surface area (Å²) in [4.78, 5) is 26.0. The number of nitrogens with zero attached hydrogens (tertiary/aromatic N) is 1. The number of amides is 2. The molecule has 0 spiro atoms. The highest BCUT2D eigenvalue weighted by Crippen LogP contribution is 2.38. The van der Waals surface area contributed by atoms with Crippen LogP contribution in [-0.4, -0.2) is 28.7 Å². The number of carbonyl (C=O) groups is 2. The summed E-state index contributed by atoms with van der Waals surface area (Å²) in [6.07, 6.45) is 7.44. The van der Waals surface area contributed by atoms with Crippen molar-refractivity contribution < 1.29 is 14.3 Å². The van der Waals surface area contributed by atoms with Crippen LogP contribution in [0.2, 0.25) is 10.0 Å². The predicted molar refractivity (Wildman–Crippen MR) is 98.4 cm³/mol. The van der Waals surface area contributed by atoms with E-state index in [1.165, 1.54) is 4.90 Å². The first-order valence-electron chi connectivity index (χ1n) is 7.21. The molecule has 2 amide bonds. The van der Waals surface area contributed by atoms with E-state index in [1.54, 1.807) is 18.2 Å². The molecule has 0 bridgehead atoms. The largest absolute Gasteiger partial charge is 0.478 e. The smallest absolute Gasteiger partial charge is 0.293 e. The molecule has 0 aliphatic carbocycles. The van der Waals surface area contributed by atoms with Gasteiger partial charge in [-0.2, -0.15) is 0 Å². The van der Waals surface area contributed by atoms with Crippen molar-refractivity contribution >= 4 is 52.2 Å². The van der Waals surface area contributed by atoms with Crippen molar-refractivity contribution in [2.45, 2.75) is 26.3 Å². The van der Waals surface area contributed by atoms with E-state index in [0.717, 1.165) is 11.8 Å². The van der Waals surface area contributed by atoms with Crippen molar-refractivity contribution in [1.29, 1.82) is 0 Å². The van der Waals surface area contributed by atoms with E-state index in [-0.39, 0.29) is 33.8 Å². The quantitative estimate of drug-likeness (QED) is 0.538. The zero-order valence-corrected chi connectivity index (χ0v) is 15.5. The molecular weight excluding hydrogens is 369 g/mol. The summed E-state index contributed by atoms with van der Waals surface area (Å²) >= 11 is 13.2. The monoisotopic (exact) mass is 383 g/mol. The average molecular weight is 384 g/mol. The summed E-state index contributed by atoms with van der Waals surface area (Å²) in [5.74, 6) is 2.32. The lowest BCUT2D eigenvalue weighted by atomic mass is 10.2. The van der Waals surface area contributed by atoms with Gasteiger partial charge in [0.25, 0.3) is 11.1 Å². The molecule has 1 heterocycles. The molecule has 1 aromatic rings. The lowest BCUT2D eigenvalue weighted by molar-refractivity contribution is -0.124. The van der Waals surface area contributed by atoms with Gasteiger partial charge in [-0.25, -0.2) is 0 Å². The number of rotatable bonds is 5. The summed E-state index contributed by atoms with van der Waals surface area (Å²) in [6.45, 7) is 3.81. The summed E-state index contributed by atoms with van der Waals surface area (Å²) < 4.78 is 5.29. The van der Waals surface area contributed by atoms with Crippen LogP contribution in [0.3, 0.4) is 0 Å². The minimum absolute atomic E-state index is 0.0482. The Balaban J connectivity index is 2.31. The zero-order chi connectivity index (χ0) is 17.9. The molecule has 1 aliphatic heterocycles. The highest BCUT2D eigenvalue weighted by molar-refractivity contribution is 8.18. The van der Waals surface area contributed by atoms with Gasteiger partial charge in [0.15, 0.2) is 5.75 Å². The van der Waals surface area contributed by atoms with Gasteiger partial charge in [-0.3, -0.25) is 14.5 Å². The van der Waals surface area contributed by atoms with Crippen LogP contribution in [0.4, 0.5) is 4.79 Å². The number of hydrogen-bond acceptors (Lipinski definition) is 4. The maximum Gasteiger partial charge on any atom is 0.293 e. The number of terminal acetylenes is 1. The number of halogens is 2. The third-order valence-corrected chi connectivity index (χ3v) is 4.92. The van der Waals surface area contributed by atoms with Crippen molar-refractivity contribution in [2.75, 3.05) is 6.61 Å². The number of ether oxygens (including phenoxy) is 1. The minimum atomic E-state index is -0.306. The molecule has 0 N–H and O–H groups in total. The number of imide groups is 1. The van der Waals surface area contributed by atoms with Crippen LogP contribution in [-0.2, 0) is 4.79 Å². The molecule has 1 fully saturated rings. The molecule has 24 heavy (non-hydrogen) atoms. The first-order chi connectivity index (χ1) is 11.4. The maximum absolute atomic E-state index is 12.4. The Kier molecular flexibility index (Phi) is 6.22. The van der Waals surface area contributed by atoms with E-state index >= 15 is 0 Å². The molecular formula is C17H15Cl2NO3S. The molecule has 1 saturated heterocycles. The van der Waals surface area contributed by atoms with Gasteiger partial charge < -0.3 is 4.74 Å². The fourth-order valence-corrected chi connectivity index (χ4v) is 3.65. The fourth-order valence-electron chi connectivity index (χ4n) is 2.11. The van der Waals surface area contributed by atoms with E-state index in [1.807, 2.05) is 13.8 Å². The lowest BCUT2D eigenvalue weighted by Gasteiger charge is -2.19. The van der Waals surface area contributed by atoms with E-state index < -0.39 is 0 Å². The van der Waals surface area contributed by atoms with Gasteiger partial charge in [0.05, 0.1) is 15.0 Å². The fraction of sp³-hybridized carbons (Fsp3) is 0.294. The van der Waals surface area contributed by atoms with Crippen LogP contribution < -0.4 is 4.74 Å². The Labute approximate surface area is 155 Å². The van der Waals surface area contributed by atoms with Crippen LogP contribution >= 0.6 is 35.0 Å². The average Bonchev–Trinajstić information content (AvgIpc) is 2.80. The molecule has 0 aromatic heterocycles. The first kappa shape index (κ1) is 18.7. The summed E-state index contributed by atoms with van der Waals surface area (Å²) in [6, 6.07) is 3.07. The van der Waals surface area contributed by atoms with E-state index in [0.29, 0.717) is 22.6 Å². The third-order valence-electron chi connectivity index (χ3n) is 3.47. The van der Waals surface area contributed by atoms with Gasteiger partial charge in [-0.05, 0) is 48.9 Å². The van der Waals surface area contributed by atoms with Crippen molar-refractivity contribution in [1.82, 2.24) is 4.90 Å². The molecule has 2 rings (SSSR count). The standard InChI is InChI=1S/C17H15Cl2NO3S/c1-4-6-23-15-12(18)7-11(8-13(15)19)9-14-16(21)20(10(3)5-2)17(22)24-14/h1,7-10H,5-6H2,2-3H3/b14-9+.